The number of nitrogens with one attached hydrogen (secondary N) is 2. The number of aromatic nitrogens is 4. The SMILES string of the molecule is Nc1ncnc2c1ncn2[C@@H]1O[C@H](CNc2c(NC[C@H]3OC(O)[C@H](O)[C@@H]3O)c(=O)c2=O)[C@@H](O)[C@H]1O. The van der Waals surface area contributed by atoms with Gasteiger partial charge in [0.25, 0.3) is 10.9 Å². The summed E-state index contributed by atoms with van der Waals surface area (Å²) in [7, 11) is 0. The van der Waals surface area contributed by atoms with E-state index in [1.807, 2.05) is 0 Å². The highest BCUT2D eigenvalue weighted by molar-refractivity contribution is 5.81. The molecule has 4 heterocycles. The highest BCUT2D eigenvalue weighted by Crippen LogP contribution is 2.32. The third-order valence-electron chi connectivity index (χ3n) is 6.21. The van der Waals surface area contributed by atoms with Gasteiger partial charge in [0.15, 0.2) is 24.0 Å². The third kappa shape index (κ3) is 3.80. The Hall–Kier alpha value is -3.25. The van der Waals surface area contributed by atoms with Crippen LogP contribution in [-0.2, 0) is 9.47 Å². The normalized spacial score (nSPS) is 33.1. The molecule has 0 radical (unpaired) electrons. The number of ether oxygens (including phenoxy) is 2. The Morgan fingerprint density at radius 2 is 1.46 bits per heavy atom. The van der Waals surface area contributed by atoms with Crippen LogP contribution in [0, 0.1) is 0 Å². The van der Waals surface area contributed by atoms with Gasteiger partial charge < -0.3 is 51.4 Å². The van der Waals surface area contributed by atoms with Crippen LogP contribution in [0.4, 0.5) is 17.2 Å². The van der Waals surface area contributed by atoms with E-state index < -0.39 is 60.0 Å². The lowest BCUT2D eigenvalue weighted by Crippen LogP contribution is -2.42. The van der Waals surface area contributed by atoms with Gasteiger partial charge in [0, 0.05) is 13.1 Å². The molecule has 2 saturated heterocycles. The summed E-state index contributed by atoms with van der Waals surface area (Å²) in [6.45, 7) is -0.311. The predicted molar refractivity (Wildman–Crippen MR) is 117 cm³/mol. The number of imidazole rings is 1. The number of nitrogen functional groups attached to an aromatic ring is 1. The maximum Gasteiger partial charge on any atom is 0.253 e. The summed E-state index contributed by atoms with van der Waals surface area (Å²) in [4.78, 5) is 36.1. The Morgan fingerprint density at radius 1 is 0.857 bits per heavy atom. The van der Waals surface area contributed by atoms with E-state index in [1.165, 1.54) is 17.2 Å². The van der Waals surface area contributed by atoms with Gasteiger partial charge in [-0.3, -0.25) is 14.2 Å². The molecule has 3 aromatic rings. The van der Waals surface area contributed by atoms with Gasteiger partial charge in [0.1, 0.15) is 59.8 Å². The van der Waals surface area contributed by atoms with Gasteiger partial charge in [-0.1, -0.05) is 0 Å². The molecule has 1 unspecified atom stereocenters. The molecule has 0 spiro atoms. The number of aliphatic hydroxyl groups excluding tert-OH is 5. The molecule has 2 aliphatic rings. The summed E-state index contributed by atoms with van der Waals surface area (Å²) in [5.74, 6) is 0.139. The van der Waals surface area contributed by atoms with Gasteiger partial charge in [-0.15, -0.1) is 0 Å². The van der Waals surface area contributed by atoms with E-state index in [0.29, 0.717) is 11.2 Å². The first-order valence-corrected chi connectivity index (χ1v) is 10.6. The van der Waals surface area contributed by atoms with Crippen LogP contribution in [0.1, 0.15) is 6.23 Å². The second-order valence-corrected chi connectivity index (χ2v) is 8.35. The van der Waals surface area contributed by atoms with E-state index >= 15 is 0 Å². The molecule has 0 saturated carbocycles. The second kappa shape index (κ2) is 8.76. The van der Waals surface area contributed by atoms with Crippen LogP contribution in [0.2, 0.25) is 0 Å². The molecule has 2 aromatic heterocycles. The Bertz CT molecular complexity index is 1310. The van der Waals surface area contributed by atoms with Gasteiger partial charge in [-0.05, 0) is 0 Å². The number of hydrogen-bond acceptors (Lipinski definition) is 15. The van der Waals surface area contributed by atoms with E-state index in [0.717, 1.165) is 0 Å². The van der Waals surface area contributed by atoms with Crippen LogP contribution in [0.25, 0.3) is 11.2 Å². The van der Waals surface area contributed by atoms with E-state index in [9.17, 15) is 35.1 Å². The average Bonchev–Trinajstić information content (AvgIpc) is 3.47. The van der Waals surface area contributed by atoms with Crippen molar-refractivity contribution in [2.24, 2.45) is 0 Å². The van der Waals surface area contributed by atoms with Crippen molar-refractivity contribution in [2.75, 3.05) is 29.5 Å². The van der Waals surface area contributed by atoms with Crippen molar-refractivity contribution in [3.8, 4) is 0 Å². The summed E-state index contributed by atoms with van der Waals surface area (Å²) in [5.41, 5.74) is 4.59. The van der Waals surface area contributed by atoms with Gasteiger partial charge in [-0.2, -0.15) is 0 Å². The number of nitrogens with two attached hydrogens (primary N) is 1. The molecule has 16 nitrogen and oxygen atoms in total. The summed E-state index contributed by atoms with van der Waals surface area (Å²) in [6, 6.07) is 0. The first-order valence-electron chi connectivity index (χ1n) is 10.6. The van der Waals surface area contributed by atoms with Crippen molar-refractivity contribution in [3.63, 3.8) is 0 Å². The van der Waals surface area contributed by atoms with E-state index in [4.69, 9.17) is 15.2 Å². The zero-order valence-corrected chi connectivity index (χ0v) is 17.9. The zero-order valence-electron chi connectivity index (χ0n) is 17.9. The Labute approximate surface area is 195 Å². The van der Waals surface area contributed by atoms with Crippen LogP contribution in [0.3, 0.4) is 0 Å². The van der Waals surface area contributed by atoms with Crippen molar-refractivity contribution < 1.29 is 35.0 Å². The lowest BCUT2D eigenvalue weighted by Gasteiger charge is -2.21. The number of anilines is 3. The monoisotopic (exact) mass is 493 g/mol. The topological polar surface area (TPSA) is 247 Å². The highest BCUT2D eigenvalue weighted by Gasteiger charge is 2.45. The van der Waals surface area contributed by atoms with Crippen molar-refractivity contribution >= 4 is 28.4 Å². The van der Waals surface area contributed by atoms with Crippen LogP contribution in [0.5, 0.6) is 0 Å². The van der Waals surface area contributed by atoms with Crippen molar-refractivity contribution in [3.05, 3.63) is 33.1 Å². The molecule has 35 heavy (non-hydrogen) atoms. The smallest absolute Gasteiger partial charge is 0.253 e. The number of rotatable bonds is 7. The molecule has 0 amide bonds. The largest absolute Gasteiger partial charge is 0.387 e. The molecule has 0 bridgehead atoms. The standard InChI is InChI=1S/C19H23N7O9/c20-16-9-17(24-3-23-16)26(4-25-9)18-14(31)10(27)5(34-18)1-21-7-8(13(30)12(7)29)22-2-6-11(28)15(32)19(33)35-6/h3-6,10-11,14-15,18-19,21-22,27-28,31-33H,1-2H2,(H2,20,23,24)/t5-,6-,10-,11-,14-,15-,18-,19?/m1/s1. The van der Waals surface area contributed by atoms with Crippen molar-refractivity contribution in [1.82, 2.24) is 19.5 Å². The minimum absolute atomic E-state index is 0.0779. The first-order chi connectivity index (χ1) is 16.7. The number of hydrogen-bond donors (Lipinski definition) is 8. The summed E-state index contributed by atoms with van der Waals surface area (Å²) < 4.78 is 12.2. The summed E-state index contributed by atoms with van der Waals surface area (Å²) in [6.07, 6.45) is -7.65. The highest BCUT2D eigenvalue weighted by atomic mass is 16.6. The maximum atomic E-state index is 12.1. The van der Waals surface area contributed by atoms with Crippen molar-refractivity contribution in [2.45, 2.75) is 49.1 Å². The van der Waals surface area contributed by atoms with Crippen LogP contribution in [-0.4, -0.2) is 101 Å². The molecular formula is C19H23N7O9. The lowest BCUT2D eigenvalue weighted by molar-refractivity contribution is -0.124. The van der Waals surface area contributed by atoms with Gasteiger partial charge in [0.05, 0.1) is 6.33 Å². The minimum Gasteiger partial charge on any atom is -0.387 e. The predicted octanol–water partition coefficient (Wildman–Crippen LogP) is -4.41. The average molecular weight is 493 g/mol. The van der Waals surface area contributed by atoms with Gasteiger partial charge >= 0.3 is 0 Å². The number of fused-ring (bicyclic) bond motifs is 1. The molecule has 8 atom stereocenters. The van der Waals surface area contributed by atoms with E-state index in [-0.39, 0.29) is 30.3 Å². The van der Waals surface area contributed by atoms with Crippen LogP contribution in [0.15, 0.2) is 22.2 Å². The molecule has 188 valence electrons. The maximum absolute atomic E-state index is 12.1. The molecule has 9 N–H and O–H groups in total. The fourth-order valence-electron chi connectivity index (χ4n) is 4.22. The molecule has 2 fully saturated rings. The molecule has 2 aliphatic heterocycles. The zero-order chi connectivity index (χ0) is 25.0. The Morgan fingerprint density at radius 3 is 2.06 bits per heavy atom. The molecule has 0 aliphatic carbocycles. The second-order valence-electron chi connectivity index (χ2n) is 8.35. The van der Waals surface area contributed by atoms with Crippen LogP contribution >= 0.6 is 0 Å². The quantitative estimate of drug-likeness (QED) is 0.145. The Balaban J connectivity index is 1.25. The Kier molecular flexibility index (Phi) is 5.88. The summed E-state index contributed by atoms with van der Waals surface area (Å²) in [5, 5.41) is 55.3. The van der Waals surface area contributed by atoms with Crippen LogP contribution < -0.4 is 27.2 Å². The van der Waals surface area contributed by atoms with Crippen molar-refractivity contribution in [1.29, 1.82) is 0 Å². The third-order valence-corrected chi connectivity index (χ3v) is 6.21. The number of aliphatic hydroxyl groups is 5. The fraction of sp³-hybridized carbons (Fsp3) is 0.526. The minimum atomic E-state index is -1.57. The lowest BCUT2D eigenvalue weighted by atomic mass is 10.1. The first kappa shape index (κ1) is 23.5. The molecular weight excluding hydrogens is 470 g/mol. The van der Waals surface area contributed by atoms with E-state index in [2.05, 4.69) is 25.6 Å². The van der Waals surface area contributed by atoms with Gasteiger partial charge in [-0.25, -0.2) is 15.0 Å². The fourth-order valence-corrected chi connectivity index (χ4v) is 4.22. The summed E-state index contributed by atoms with van der Waals surface area (Å²) >= 11 is 0. The molecule has 16 heteroatoms. The van der Waals surface area contributed by atoms with Gasteiger partial charge in [0.2, 0.25) is 0 Å². The van der Waals surface area contributed by atoms with E-state index in [1.54, 1.807) is 0 Å². The molecule has 1 aromatic carbocycles. The number of nitrogens with zero attached hydrogens (tertiary/aromatic N) is 4. The molecule has 5 rings (SSSR count).